The SMILES string of the molecule is N#Cc1ccc(C(=O)Nc2ccc3c(c2)C2(CCO3)CCSC(NC(=O)O)=N2)nc1. The maximum atomic E-state index is 12.5. The minimum atomic E-state index is -1.15. The second-order valence-electron chi connectivity index (χ2n) is 6.78. The third-order valence-corrected chi connectivity index (χ3v) is 5.80. The lowest BCUT2D eigenvalue weighted by Crippen LogP contribution is -2.39. The summed E-state index contributed by atoms with van der Waals surface area (Å²) in [5.74, 6) is 0.979. The van der Waals surface area contributed by atoms with Gasteiger partial charge in [0.1, 0.15) is 17.5 Å². The second-order valence-corrected chi connectivity index (χ2v) is 7.87. The molecule has 1 unspecified atom stereocenters. The number of carboxylic acid groups (broad SMARTS) is 1. The van der Waals surface area contributed by atoms with Crippen molar-refractivity contribution in [2.45, 2.75) is 18.4 Å². The van der Waals surface area contributed by atoms with Gasteiger partial charge in [-0.25, -0.2) is 9.78 Å². The maximum absolute atomic E-state index is 12.5. The summed E-state index contributed by atoms with van der Waals surface area (Å²) >= 11 is 1.37. The van der Waals surface area contributed by atoms with Crippen molar-refractivity contribution in [1.82, 2.24) is 10.3 Å². The first-order valence-corrected chi connectivity index (χ1v) is 10.2. The number of fused-ring (bicyclic) bond motifs is 2. The highest BCUT2D eigenvalue weighted by molar-refractivity contribution is 8.13. The molecule has 1 aromatic carbocycles. The van der Waals surface area contributed by atoms with Crippen LogP contribution in [0, 0.1) is 11.3 Å². The molecule has 0 aliphatic carbocycles. The van der Waals surface area contributed by atoms with Crippen molar-refractivity contribution >= 4 is 34.6 Å². The molecule has 3 N–H and O–H groups in total. The molecule has 0 saturated carbocycles. The minimum absolute atomic E-state index is 0.192. The number of rotatable bonds is 2. The topological polar surface area (TPSA) is 137 Å². The maximum Gasteiger partial charge on any atom is 0.410 e. The van der Waals surface area contributed by atoms with Gasteiger partial charge in [0.05, 0.1) is 17.7 Å². The number of hydrogen-bond donors (Lipinski definition) is 3. The Bertz CT molecular complexity index is 1080. The van der Waals surface area contributed by atoms with Crippen molar-refractivity contribution < 1.29 is 19.4 Å². The fourth-order valence-corrected chi connectivity index (χ4v) is 4.51. The summed E-state index contributed by atoms with van der Waals surface area (Å²) in [6, 6.07) is 10.3. The summed E-state index contributed by atoms with van der Waals surface area (Å²) in [7, 11) is 0. The van der Waals surface area contributed by atoms with Crippen LogP contribution >= 0.6 is 11.8 Å². The number of ether oxygens (including phenoxy) is 1. The highest BCUT2D eigenvalue weighted by Crippen LogP contribution is 2.46. The Balaban J connectivity index is 1.63. The molecule has 1 atom stereocenters. The molecule has 2 aliphatic heterocycles. The third-order valence-electron chi connectivity index (χ3n) is 4.92. The van der Waals surface area contributed by atoms with Crippen LogP contribution in [0.5, 0.6) is 5.75 Å². The van der Waals surface area contributed by atoms with Crippen LogP contribution in [0.1, 0.15) is 34.5 Å². The lowest BCUT2D eigenvalue weighted by Gasteiger charge is -2.38. The predicted octanol–water partition coefficient (Wildman–Crippen LogP) is 2.94. The Hall–Kier alpha value is -3.58. The standard InChI is InChI=1S/C20H17N5O4S/c21-10-12-1-3-15(22-11-12)17(26)23-13-2-4-16-14(9-13)20(5-7-29-16)6-8-30-18(25-20)24-19(27)28/h1-4,9,11H,5-8H2,(H,23,26)(H,24,25)(H,27,28). The first-order chi connectivity index (χ1) is 14.5. The Kier molecular flexibility index (Phi) is 5.29. The van der Waals surface area contributed by atoms with Gasteiger partial charge in [-0.1, -0.05) is 11.8 Å². The molecule has 0 bridgehead atoms. The zero-order valence-electron chi connectivity index (χ0n) is 15.7. The highest BCUT2D eigenvalue weighted by Gasteiger charge is 2.40. The number of benzene rings is 1. The molecule has 2 aromatic rings. The summed E-state index contributed by atoms with van der Waals surface area (Å²) < 4.78 is 5.77. The van der Waals surface area contributed by atoms with Gasteiger partial charge in [-0.05, 0) is 36.8 Å². The molecule has 2 aliphatic rings. The molecular weight excluding hydrogens is 406 g/mol. The van der Waals surface area contributed by atoms with E-state index in [4.69, 9.17) is 20.1 Å². The van der Waals surface area contributed by atoms with Crippen molar-refractivity contribution in [1.29, 1.82) is 5.26 Å². The highest BCUT2D eigenvalue weighted by atomic mass is 32.2. The van der Waals surface area contributed by atoms with Crippen LogP contribution in [0.25, 0.3) is 0 Å². The molecule has 1 spiro atoms. The summed E-state index contributed by atoms with van der Waals surface area (Å²) in [5, 5.41) is 23.4. The Morgan fingerprint density at radius 3 is 2.83 bits per heavy atom. The van der Waals surface area contributed by atoms with Crippen LogP contribution in [0.2, 0.25) is 0 Å². The van der Waals surface area contributed by atoms with Gasteiger partial charge in [0.15, 0.2) is 5.17 Å². The minimum Gasteiger partial charge on any atom is -0.493 e. The first-order valence-electron chi connectivity index (χ1n) is 9.16. The summed E-state index contributed by atoms with van der Waals surface area (Å²) in [6.07, 6.45) is 1.53. The van der Waals surface area contributed by atoms with Gasteiger partial charge >= 0.3 is 6.09 Å². The number of thioether (sulfide) groups is 1. The fourth-order valence-electron chi connectivity index (χ4n) is 3.48. The molecule has 10 heteroatoms. The number of amides is 2. The van der Waals surface area contributed by atoms with E-state index in [-0.39, 0.29) is 5.69 Å². The lowest BCUT2D eigenvalue weighted by atomic mass is 9.82. The van der Waals surface area contributed by atoms with Gasteiger partial charge in [-0.15, -0.1) is 0 Å². The van der Waals surface area contributed by atoms with E-state index in [2.05, 4.69) is 15.6 Å². The van der Waals surface area contributed by atoms with E-state index < -0.39 is 17.5 Å². The lowest BCUT2D eigenvalue weighted by molar-refractivity contribution is 0.102. The molecule has 9 nitrogen and oxygen atoms in total. The molecule has 3 heterocycles. The number of anilines is 1. The van der Waals surface area contributed by atoms with Gasteiger partial charge in [0.2, 0.25) is 0 Å². The predicted molar refractivity (Wildman–Crippen MR) is 111 cm³/mol. The summed E-state index contributed by atoms with van der Waals surface area (Å²) in [4.78, 5) is 32.3. The molecule has 2 amide bonds. The van der Waals surface area contributed by atoms with Crippen LogP contribution in [0.4, 0.5) is 10.5 Å². The van der Waals surface area contributed by atoms with Crippen LogP contribution in [0.15, 0.2) is 41.5 Å². The number of carbonyl (C=O) groups is 2. The molecular formula is C20H17N5O4S. The van der Waals surface area contributed by atoms with E-state index in [9.17, 15) is 9.59 Å². The fraction of sp³-hybridized carbons (Fsp3) is 0.250. The first kappa shape index (κ1) is 19.7. The third kappa shape index (κ3) is 3.92. The van der Waals surface area contributed by atoms with Crippen LogP contribution in [-0.4, -0.2) is 39.6 Å². The van der Waals surface area contributed by atoms with Crippen molar-refractivity contribution in [2.24, 2.45) is 4.99 Å². The molecule has 0 fully saturated rings. The summed E-state index contributed by atoms with van der Waals surface area (Å²) in [5.41, 5.74) is 1.32. The van der Waals surface area contributed by atoms with Crippen molar-refractivity contribution in [3.63, 3.8) is 0 Å². The van der Waals surface area contributed by atoms with E-state index in [0.29, 0.717) is 40.9 Å². The second kappa shape index (κ2) is 8.04. The number of carbonyl (C=O) groups excluding carboxylic acids is 1. The normalized spacial score (nSPS) is 19.6. The molecule has 4 rings (SSSR count). The van der Waals surface area contributed by atoms with Crippen molar-refractivity contribution in [3.05, 3.63) is 53.3 Å². The van der Waals surface area contributed by atoms with Crippen LogP contribution < -0.4 is 15.4 Å². The van der Waals surface area contributed by atoms with Gasteiger partial charge < -0.3 is 15.2 Å². The number of amidine groups is 1. The Morgan fingerprint density at radius 1 is 1.23 bits per heavy atom. The molecule has 1 aromatic heterocycles. The van der Waals surface area contributed by atoms with Gasteiger partial charge in [-0.2, -0.15) is 5.26 Å². The molecule has 0 radical (unpaired) electrons. The number of pyridine rings is 1. The van der Waals surface area contributed by atoms with Gasteiger partial charge in [0.25, 0.3) is 5.91 Å². The van der Waals surface area contributed by atoms with E-state index in [1.165, 1.54) is 30.1 Å². The average molecular weight is 423 g/mol. The number of hydrogen-bond acceptors (Lipinski definition) is 7. The quantitative estimate of drug-likeness (QED) is 0.675. The zero-order valence-corrected chi connectivity index (χ0v) is 16.5. The Labute approximate surface area is 176 Å². The monoisotopic (exact) mass is 423 g/mol. The zero-order chi connectivity index (χ0) is 21.1. The Morgan fingerprint density at radius 2 is 2.10 bits per heavy atom. The number of nitrogens with zero attached hydrogens (tertiary/aromatic N) is 3. The van der Waals surface area contributed by atoms with Crippen molar-refractivity contribution in [2.75, 3.05) is 17.7 Å². The van der Waals surface area contributed by atoms with E-state index >= 15 is 0 Å². The summed E-state index contributed by atoms with van der Waals surface area (Å²) in [6.45, 7) is 0.475. The van der Waals surface area contributed by atoms with E-state index in [1.807, 2.05) is 12.1 Å². The number of nitrogens with one attached hydrogen (secondary N) is 2. The molecule has 30 heavy (non-hydrogen) atoms. The smallest absolute Gasteiger partial charge is 0.410 e. The van der Waals surface area contributed by atoms with Gasteiger partial charge in [-0.3, -0.25) is 15.1 Å². The van der Waals surface area contributed by atoms with E-state index in [1.54, 1.807) is 12.1 Å². The van der Waals surface area contributed by atoms with Crippen LogP contribution in [-0.2, 0) is 5.54 Å². The van der Waals surface area contributed by atoms with E-state index in [0.717, 1.165) is 12.0 Å². The largest absolute Gasteiger partial charge is 0.493 e. The van der Waals surface area contributed by atoms with Gasteiger partial charge in [0, 0.05) is 29.6 Å². The van der Waals surface area contributed by atoms with Crippen molar-refractivity contribution in [3.8, 4) is 11.8 Å². The molecule has 152 valence electrons. The number of aromatic nitrogens is 1. The molecule has 0 saturated heterocycles. The average Bonchev–Trinajstić information content (AvgIpc) is 2.74. The number of nitriles is 1. The number of aliphatic imine (C=N–C) groups is 1. The van der Waals surface area contributed by atoms with Crippen LogP contribution in [0.3, 0.4) is 0 Å².